The summed E-state index contributed by atoms with van der Waals surface area (Å²) >= 11 is 1.27. The third kappa shape index (κ3) is 2.38. The number of carbonyl (C=O) groups excluding carboxylic acids is 2. The number of nitrogens with one attached hydrogen (secondary N) is 1. The Morgan fingerprint density at radius 3 is 2.75 bits per heavy atom. The van der Waals surface area contributed by atoms with Crippen LogP contribution in [0.1, 0.15) is 30.3 Å². The summed E-state index contributed by atoms with van der Waals surface area (Å²) in [5.74, 6) is -0.208. The Balaban J connectivity index is 2.05. The van der Waals surface area contributed by atoms with E-state index in [4.69, 9.17) is 0 Å². The van der Waals surface area contributed by atoms with E-state index in [0.29, 0.717) is 10.8 Å². The number of carbonyl (C=O) groups is 2. The monoisotopic (exact) mass is 239 g/mol. The van der Waals surface area contributed by atoms with Crippen LogP contribution in [0.4, 0.5) is 5.13 Å². The Hall–Kier alpha value is -1.43. The Morgan fingerprint density at radius 2 is 2.12 bits per heavy atom. The summed E-state index contributed by atoms with van der Waals surface area (Å²) in [6, 6.07) is 0. The first kappa shape index (κ1) is 11.1. The van der Waals surface area contributed by atoms with E-state index in [1.165, 1.54) is 18.3 Å². The average Bonchev–Trinajstić information content (AvgIpc) is 2.84. The third-order valence-electron chi connectivity index (χ3n) is 2.40. The Kier molecular flexibility index (Phi) is 3.19. The summed E-state index contributed by atoms with van der Waals surface area (Å²) < 4.78 is 0. The topological polar surface area (TPSA) is 62.3 Å². The molecule has 0 unspecified atom stereocenters. The molecule has 5 nitrogen and oxygen atoms in total. The molecule has 1 aromatic rings. The van der Waals surface area contributed by atoms with Crippen molar-refractivity contribution in [2.45, 2.75) is 19.8 Å². The highest BCUT2D eigenvalue weighted by atomic mass is 32.1. The lowest BCUT2D eigenvalue weighted by Crippen LogP contribution is -2.27. The zero-order valence-corrected chi connectivity index (χ0v) is 9.84. The maximum absolute atomic E-state index is 11.9. The molecule has 1 aromatic heterocycles. The van der Waals surface area contributed by atoms with Crippen molar-refractivity contribution in [3.05, 3.63) is 11.1 Å². The van der Waals surface area contributed by atoms with Crippen LogP contribution >= 0.6 is 11.3 Å². The molecule has 2 heterocycles. The number of thiazole rings is 1. The SMILES string of the molecule is CC(=O)Nc1nc(C(=O)N2CCCC2)cs1. The van der Waals surface area contributed by atoms with Gasteiger partial charge in [-0.05, 0) is 12.8 Å². The molecule has 1 aliphatic heterocycles. The van der Waals surface area contributed by atoms with Crippen LogP contribution < -0.4 is 5.32 Å². The molecule has 0 bridgehead atoms. The van der Waals surface area contributed by atoms with Gasteiger partial charge in [-0.2, -0.15) is 0 Å². The highest BCUT2D eigenvalue weighted by molar-refractivity contribution is 7.14. The van der Waals surface area contributed by atoms with E-state index < -0.39 is 0 Å². The highest BCUT2D eigenvalue weighted by Crippen LogP contribution is 2.18. The fourth-order valence-corrected chi connectivity index (χ4v) is 2.39. The van der Waals surface area contributed by atoms with Gasteiger partial charge >= 0.3 is 0 Å². The van der Waals surface area contributed by atoms with Gasteiger partial charge in [0.1, 0.15) is 5.69 Å². The van der Waals surface area contributed by atoms with E-state index in [-0.39, 0.29) is 11.8 Å². The predicted molar refractivity (Wildman–Crippen MR) is 61.6 cm³/mol. The second kappa shape index (κ2) is 4.61. The lowest BCUT2D eigenvalue weighted by molar-refractivity contribution is -0.114. The first-order valence-corrected chi connectivity index (χ1v) is 6.07. The Labute approximate surface area is 97.5 Å². The van der Waals surface area contributed by atoms with E-state index in [1.807, 2.05) is 0 Å². The van der Waals surface area contributed by atoms with Crippen LogP contribution in [-0.4, -0.2) is 34.8 Å². The molecule has 0 spiro atoms. The highest BCUT2D eigenvalue weighted by Gasteiger charge is 2.21. The van der Waals surface area contributed by atoms with Gasteiger partial charge in [0, 0.05) is 25.4 Å². The van der Waals surface area contributed by atoms with Crippen LogP contribution in [0.2, 0.25) is 0 Å². The van der Waals surface area contributed by atoms with Crippen molar-refractivity contribution >= 4 is 28.3 Å². The maximum Gasteiger partial charge on any atom is 0.273 e. The van der Waals surface area contributed by atoms with E-state index in [2.05, 4.69) is 10.3 Å². The molecule has 6 heteroatoms. The number of hydrogen-bond donors (Lipinski definition) is 1. The molecule has 0 radical (unpaired) electrons. The van der Waals surface area contributed by atoms with Crippen molar-refractivity contribution in [2.75, 3.05) is 18.4 Å². The average molecular weight is 239 g/mol. The molecule has 1 fully saturated rings. The molecule has 1 aliphatic rings. The first-order chi connectivity index (χ1) is 7.66. The van der Waals surface area contributed by atoms with E-state index >= 15 is 0 Å². The number of nitrogens with zero attached hydrogens (tertiary/aromatic N) is 2. The number of hydrogen-bond acceptors (Lipinski definition) is 4. The summed E-state index contributed by atoms with van der Waals surface area (Å²) in [5.41, 5.74) is 0.427. The molecule has 2 amide bonds. The second-order valence-corrected chi connectivity index (χ2v) is 4.58. The minimum Gasteiger partial charge on any atom is -0.337 e. The molecule has 0 aromatic carbocycles. The summed E-state index contributed by atoms with van der Waals surface area (Å²) in [4.78, 5) is 28.6. The molecule has 0 atom stereocenters. The molecule has 86 valence electrons. The van der Waals surface area contributed by atoms with Crippen LogP contribution in [0.5, 0.6) is 0 Å². The van der Waals surface area contributed by atoms with Crippen molar-refractivity contribution < 1.29 is 9.59 Å². The number of rotatable bonds is 2. The van der Waals surface area contributed by atoms with Gasteiger partial charge < -0.3 is 10.2 Å². The summed E-state index contributed by atoms with van der Waals surface area (Å²) in [6.07, 6.45) is 2.13. The number of anilines is 1. The molecule has 16 heavy (non-hydrogen) atoms. The van der Waals surface area contributed by atoms with Crippen LogP contribution in [0.15, 0.2) is 5.38 Å². The van der Waals surface area contributed by atoms with Gasteiger partial charge in [-0.15, -0.1) is 11.3 Å². The zero-order chi connectivity index (χ0) is 11.5. The van der Waals surface area contributed by atoms with Crippen LogP contribution in [-0.2, 0) is 4.79 Å². The number of aromatic nitrogens is 1. The van der Waals surface area contributed by atoms with Gasteiger partial charge in [0.2, 0.25) is 5.91 Å². The van der Waals surface area contributed by atoms with E-state index in [9.17, 15) is 9.59 Å². The van der Waals surface area contributed by atoms with Crippen molar-refractivity contribution in [1.29, 1.82) is 0 Å². The molecule has 2 rings (SSSR count). The number of likely N-dealkylation sites (tertiary alicyclic amines) is 1. The van der Waals surface area contributed by atoms with Crippen molar-refractivity contribution in [1.82, 2.24) is 9.88 Å². The van der Waals surface area contributed by atoms with Gasteiger partial charge in [0.25, 0.3) is 5.91 Å². The molecule has 0 aliphatic carbocycles. The second-order valence-electron chi connectivity index (χ2n) is 3.72. The summed E-state index contributed by atoms with van der Waals surface area (Å²) in [5, 5.41) is 4.74. The Bertz CT molecular complexity index is 410. The zero-order valence-electron chi connectivity index (χ0n) is 9.02. The molecular formula is C10H13N3O2S. The molecule has 1 N–H and O–H groups in total. The standard InChI is InChI=1S/C10H13N3O2S/c1-7(14)11-10-12-8(6-16-10)9(15)13-4-2-3-5-13/h6H,2-5H2,1H3,(H,11,12,14). The van der Waals surface area contributed by atoms with E-state index in [1.54, 1.807) is 10.3 Å². The molecular weight excluding hydrogens is 226 g/mol. The first-order valence-electron chi connectivity index (χ1n) is 5.19. The lowest BCUT2D eigenvalue weighted by Gasteiger charge is -2.12. The smallest absolute Gasteiger partial charge is 0.273 e. The van der Waals surface area contributed by atoms with Gasteiger partial charge in [-0.3, -0.25) is 9.59 Å². The van der Waals surface area contributed by atoms with Gasteiger partial charge in [-0.25, -0.2) is 4.98 Å². The fraction of sp³-hybridized carbons (Fsp3) is 0.500. The fourth-order valence-electron chi connectivity index (χ4n) is 1.66. The minimum atomic E-state index is -0.172. The molecule has 0 saturated carbocycles. The third-order valence-corrected chi connectivity index (χ3v) is 3.16. The minimum absolute atomic E-state index is 0.0367. The summed E-state index contributed by atoms with van der Waals surface area (Å²) in [7, 11) is 0. The van der Waals surface area contributed by atoms with Crippen molar-refractivity contribution in [3.63, 3.8) is 0 Å². The quantitative estimate of drug-likeness (QED) is 0.847. The molecule has 1 saturated heterocycles. The van der Waals surface area contributed by atoms with Crippen LogP contribution in [0.3, 0.4) is 0 Å². The van der Waals surface area contributed by atoms with Gasteiger partial charge in [0.05, 0.1) is 0 Å². The largest absolute Gasteiger partial charge is 0.337 e. The van der Waals surface area contributed by atoms with Crippen LogP contribution in [0.25, 0.3) is 0 Å². The lowest BCUT2D eigenvalue weighted by atomic mass is 10.4. The Morgan fingerprint density at radius 1 is 1.44 bits per heavy atom. The van der Waals surface area contributed by atoms with Gasteiger partial charge in [-0.1, -0.05) is 0 Å². The van der Waals surface area contributed by atoms with Crippen LogP contribution in [0, 0.1) is 0 Å². The van der Waals surface area contributed by atoms with Gasteiger partial charge in [0.15, 0.2) is 5.13 Å². The summed E-state index contributed by atoms with van der Waals surface area (Å²) in [6.45, 7) is 3.04. The normalized spacial score (nSPS) is 15.2. The number of amides is 2. The van der Waals surface area contributed by atoms with Crippen molar-refractivity contribution in [3.8, 4) is 0 Å². The predicted octanol–water partition coefficient (Wildman–Crippen LogP) is 1.34. The maximum atomic E-state index is 11.9. The van der Waals surface area contributed by atoms with Crippen molar-refractivity contribution in [2.24, 2.45) is 0 Å². The van der Waals surface area contributed by atoms with E-state index in [0.717, 1.165) is 25.9 Å².